The second-order valence-corrected chi connectivity index (χ2v) is 7.49. The number of carbonyl (C=O) groups excluding carboxylic acids is 1. The molecule has 1 heterocycles. The lowest BCUT2D eigenvalue weighted by molar-refractivity contribution is 0.0954. The van der Waals surface area contributed by atoms with E-state index in [2.05, 4.69) is 31.5 Å². The molecular formula is C20H20BrClN4O. The van der Waals surface area contributed by atoms with Gasteiger partial charge in [-0.3, -0.25) is 9.78 Å². The van der Waals surface area contributed by atoms with Crippen molar-refractivity contribution in [1.29, 1.82) is 0 Å². The van der Waals surface area contributed by atoms with Crippen LogP contribution < -0.4 is 16.4 Å². The Kier molecular flexibility index (Phi) is 6.53. The van der Waals surface area contributed by atoms with Crippen LogP contribution >= 0.6 is 27.5 Å². The molecular weight excluding hydrogens is 428 g/mol. The van der Waals surface area contributed by atoms with E-state index in [0.717, 1.165) is 40.4 Å². The van der Waals surface area contributed by atoms with Crippen molar-refractivity contribution in [3.05, 3.63) is 63.7 Å². The number of pyridine rings is 1. The molecule has 1 aromatic heterocycles. The Balaban J connectivity index is 1.45. The van der Waals surface area contributed by atoms with Crippen molar-refractivity contribution in [2.24, 2.45) is 0 Å². The normalized spacial score (nSPS) is 10.7. The van der Waals surface area contributed by atoms with E-state index in [4.69, 9.17) is 17.3 Å². The SMILES string of the molecule is Nc1ccc(Br)cc1C(=O)NCCCCNc1ccnc2cc(Cl)ccc12. The van der Waals surface area contributed by atoms with Crippen molar-refractivity contribution in [2.45, 2.75) is 12.8 Å². The molecule has 3 aromatic rings. The number of aromatic nitrogens is 1. The molecule has 0 radical (unpaired) electrons. The number of anilines is 2. The Morgan fingerprint density at radius 3 is 2.78 bits per heavy atom. The molecule has 0 bridgehead atoms. The molecule has 1 amide bonds. The van der Waals surface area contributed by atoms with E-state index in [1.54, 1.807) is 18.3 Å². The van der Waals surface area contributed by atoms with Gasteiger partial charge < -0.3 is 16.4 Å². The molecule has 2 aromatic carbocycles. The largest absolute Gasteiger partial charge is 0.398 e. The zero-order chi connectivity index (χ0) is 19.2. The standard InChI is InChI=1S/C20H20BrClN4O/c21-13-3-6-17(23)16(11-13)20(27)26-9-2-1-8-24-18-7-10-25-19-12-14(22)4-5-15(18)19/h3-7,10-12H,1-2,8-9,23H2,(H,24,25)(H,26,27). The van der Waals surface area contributed by atoms with Crippen LogP contribution in [0.25, 0.3) is 10.9 Å². The average Bonchev–Trinajstić information content (AvgIpc) is 2.66. The maximum atomic E-state index is 12.2. The zero-order valence-electron chi connectivity index (χ0n) is 14.6. The van der Waals surface area contributed by atoms with Gasteiger partial charge in [-0.25, -0.2) is 0 Å². The Morgan fingerprint density at radius 2 is 1.93 bits per heavy atom. The summed E-state index contributed by atoms with van der Waals surface area (Å²) in [7, 11) is 0. The summed E-state index contributed by atoms with van der Waals surface area (Å²) in [6.07, 6.45) is 3.55. The number of nitrogens with two attached hydrogens (primary N) is 1. The van der Waals surface area contributed by atoms with Crippen molar-refractivity contribution in [3.63, 3.8) is 0 Å². The molecule has 0 saturated heterocycles. The maximum absolute atomic E-state index is 12.2. The molecule has 3 rings (SSSR count). The number of fused-ring (bicyclic) bond motifs is 1. The third-order valence-corrected chi connectivity index (χ3v) is 4.90. The van der Waals surface area contributed by atoms with Crippen LogP contribution in [0.1, 0.15) is 23.2 Å². The molecule has 0 unspecified atom stereocenters. The number of nitrogen functional groups attached to an aromatic ring is 1. The van der Waals surface area contributed by atoms with Crippen LogP contribution in [0, 0.1) is 0 Å². The highest BCUT2D eigenvalue weighted by molar-refractivity contribution is 9.10. The number of nitrogens with zero attached hydrogens (tertiary/aromatic N) is 1. The fourth-order valence-corrected chi connectivity index (χ4v) is 3.30. The molecule has 0 atom stereocenters. The second kappa shape index (κ2) is 9.06. The number of halogens is 2. The molecule has 0 fully saturated rings. The van der Waals surface area contributed by atoms with Crippen LogP contribution in [0.2, 0.25) is 5.02 Å². The molecule has 0 aliphatic rings. The van der Waals surface area contributed by atoms with Gasteiger partial charge in [0.25, 0.3) is 5.91 Å². The number of amides is 1. The lowest BCUT2D eigenvalue weighted by atomic mass is 10.1. The van der Waals surface area contributed by atoms with Crippen LogP contribution in [0.15, 0.2) is 53.1 Å². The van der Waals surface area contributed by atoms with Gasteiger partial charge in [-0.15, -0.1) is 0 Å². The van der Waals surface area contributed by atoms with E-state index in [0.29, 0.717) is 22.8 Å². The molecule has 0 aliphatic carbocycles. The smallest absolute Gasteiger partial charge is 0.253 e. The fraction of sp³-hybridized carbons (Fsp3) is 0.200. The molecule has 27 heavy (non-hydrogen) atoms. The summed E-state index contributed by atoms with van der Waals surface area (Å²) < 4.78 is 0.830. The van der Waals surface area contributed by atoms with E-state index in [-0.39, 0.29) is 5.91 Å². The molecule has 140 valence electrons. The Labute approximate surface area is 171 Å². The molecule has 0 aliphatic heterocycles. The van der Waals surface area contributed by atoms with Crippen LogP contribution in [-0.2, 0) is 0 Å². The van der Waals surface area contributed by atoms with E-state index >= 15 is 0 Å². The highest BCUT2D eigenvalue weighted by atomic mass is 79.9. The zero-order valence-corrected chi connectivity index (χ0v) is 17.0. The second-order valence-electron chi connectivity index (χ2n) is 6.14. The van der Waals surface area contributed by atoms with Crippen molar-refractivity contribution in [3.8, 4) is 0 Å². The maximum Gasteiger partial charge on any atom is 0.253 e. The Bertz CT molecular complexity index is 964. The molecule has 4 N–H and O–H groups in total. The van der Waals surface area contributed by atoms with Gasteiger partial charge in [0.05, 0.1) is 11.1 Å². The van der Waals surface area contributed by atoms with E-state index in [1.807, 2.05) is 30.3 Å². The number of benzene rings is 2. The van der Waals surface area contributed by atoms with Crippen molar-refractivity contribution < 1.29 is 4.79 Å². The third kappa shape index (κ3) is 5.11. The summed E-state index contributed by atoms with van der Waals surface area (Å²) in [5.41, 5.74) is 8.72. The number of unbranched alkanes of at least 4 members (excludes halogenated alkanes) is 1. The minimum absolute atomic E-state index is 0.154. The van der Waals surface area contributed by atoms with Gasteiger partial charge in [0, 0.05) is 45.5 Å². The van der Waals surface area contributed by atoms with Crippen LogP contribution in [0.5, 0.6) is 0 Å². The third-order valence-electron chi connectivity index (χ3n) is 4.17. The first kappa shape index (κ1) is 19.5. The number of rotatable bonds is 7. The Hall–Kier alpha value is -2.31. The predicted molar refractivity (Wildman–Crippen MR) is 115 cm³/mol. The van der Waals surface area contributed by atoms with Crippen molar-refractivity contribution in [2.75, 3.05) is 24.1 Å². The van der Waals surface area contributed by atoms with Crippen LogP contribution in [0.4, 0.5) is 11.4 Å². The predicted octanol–water partition coefficient (Wildman–Crippen LogP) is 4.86. The minimum atomic E-state index is -0.154. The summed E-state index contributed by atoms with van der Waals surface area (Å²) in [6.45, 7) is 1.40. The lowest BCUT2D eigenvalue weighted by Gasteiger charge is -2.10. The summed E-state index contributed by atoms with van der Waals surface area (Å²) in [4.78, 5) is 16.5. The van der Waals surface area contributed by atoms with Gasteiger partial charge in [0.15, 0.2) is 0 Å². The van der Waals surface area contributed by atoms with E-state index in [9.17, 15) is 4.79 Å². The molecule has 0 saturated carbocycles. The number of nitrogens with one attached hydrogen (secondary N) is 2. The first-order valence-electron chi connectivity index (χ1n) is 8.66. The van der Waals surface area contributed by atoms with Crippen molar-refractivity contribution in [1.82, 2.24) is 10.3 Å². The van der Waals surface area contributed by atoms with Crippen molar-refractivity contribution >= 4 is 55.7 Å². The lowest BCUT2D eigenvalue weighted by Crippen LogP contribution is -2.25. The topological polar surface area (TPSA) is 80.0 Å². The summed E-state index contributed by atoms with van der Waals surface area (Å²) >= 11 is 9.37. The summed E-state index contributed by atoms with van der Waals surface area (Å²) in [6, 6.07) is 12.9. The quantitative estimate of drug-likeness (QED) is 0.357. The Morgan fingerprint density at radius 1 is 1.11 bits per heavy atom. The van der Waals surface area contributed by atoms with Crippen LogP contribution in [-0.4, -0.2) is 24.0 Å². The van der Waals surface area contributed by atoms with E-state index < -0.39 is 0 Å². The first-order chi connectivity index (χ1) is 13.0. The molecule has 5 nitrogen and oxygen atoms in total. The highest BCUT2D eigenvalue weighted by Gasteiger charge is 2.09. The van der Waals surface area contributed by atoms with Gasteiger partial charge in [-0.2, -0.15) is 0 Å². The summed E-state index contributed by atoms with van der Waals surface area (Å²) in [5.74, 6) is -0.154. The number of carbonyl (C=O) groups is 1. The monoisotopic (exact) mass is 446 g/mol. The average molecular weight is 448 g/mol. The molecule has 0 spiro atoms. The highest BCUT2D eigenvalue weighted by Crippen LogP contribution is 2.24. The van der Waals surface area contributed by atoms with E-state index in [1.165, 1.54) is 0 Å². The summed E-state index contributed by atoms with van der Waals surface area (Å²) in [5, 5.41) is 8.05. The molecule has 7 heteroatoms. The van der Waals surface area contributed by atoms with Crippen LogP contribution in [0.3, 0.4) is 0 Å². The minimum Gasteiger partial charge on any atom is -0.398 e. The van der Waals surface area contributed by atoms with Gasteiger partial charge in [-0.05, 0) is 55.3 Å². The number of hydrogen-bond acceptors (Lipinski definition) is 4. The fourth-order valence-electron chi connectivity index (χ4n) is 2.77. The van der Waals surface area contributed by atoms with Gasteiger partial charge in [0.1, 0.15) is 0 Å². The number of hydrogen-bond donors (Lipinski definition) is 3. The first-order valence-corrected chi connectivity index (χ1v) is 9.83. The van der Waals surface area contributed by atoms with Gasteiger partial charge in [0.2, 0.25) is 0 Å². The van der Waals surface area contributed by atoms with Gasteiger partial charge >= 0.3 is 0 Å². The van der Waals surface area contributed by atoms with Gasteiger partial charge in [-0.1, -0.05) is 27.5 Å².